The number of rotatable bonds is 4. The molecule has 0 spiro atoms. The van der Waals surface area contributed by atoms with Crippen molar-refractivity contribution in [2.75, 3.05) is 5.32 Å². The Morgan fingerprint density at radius 3 is 2.96 bits per heavy atom. The Kier molecular flexibility index (Phi) is 4.07. The first kappa shape index (κ1) is 15.2. The van der Waals surface area contributed by atoms with Crippen LogP contribution in [0, 0.1) is 6.92 Å². The summed E-state index contributed by atoms with van der Waals surface area (Å²) in [5.74, 6) is -0.454. The number of nitrogens with zero attached hydrogens (tertiary/aromatic N) is 4. The highest BCUT2D eigenvalue weighted by atomic mass is 32.1. The molecule has 0 atom stereocenters. The maximum Gasteiger partial charge on any atom is 0.277 e. The summed E-state index contributed by atoms with van der Waals surface area (Å²) >= 11 is 1.61. The molecular formula is C15H15N5O2S. The summed E-state index contributed by atoms with van der Waals surface area (Å²) in [5, 5.41) is 12.4. The van der Waals surface area contributed by atoms with E-state index >= 15 is 0 Å². The molecule has 23 heavy (non-hydrogen) atoms. The third-order valence-electron chi connectivity index (χ3n) is 3.24. The maximum absolute atomic E-state index is 12.2. The van der Waals surface area contributed by atoms with Crippen molar-refractivity contribution < 1.29 is 4.79 Å². The van der Waals surface area contributed by atoms with Gasteiger partial charge in [-0.05, 0) is 30.0 Å². The Bertz CT molecular complexity index is 895. The van der Waals surface area contributed by atoms with Gasteiger partial charge in [0.05, 0.1) is 12.7 Å². The first-order valence-corrected chi connectivity index (χ1v) is 7.82. The predicted octanol–water partition coefficient (Wildman–Crippen LogP) is 1.65. The number of hydrogen-bond donors (Lipinski definition) is 1. The Morgan fingerprint density at radius 1 is 1.39 bits per heavy atom. The van der Waals surface area contributed by atoms with E-state index in [0.29, 0.717) is 6.54 Å². The number of anilines is 1. The molecule has 0 aromatic carbocycles. The summed E-state index contributed by atoms with van der Waals surface area (Å²) in [6.45, 7) is 2.41. The largest absolute Gasteiger partial charge is 0.317 e. The highest BCUT2D eigenvalue weighted by molar-refractivity contribution is 7.09. The minimum atomic E-state index is -0.454. The Morgan fingerprint density at radius 2 is 2.22 bits per heavy atom. The van der Waals surface area contributed by atoms with Crippen LogP contribution in [-0.4, -0.2) is 25.5 Å². The average Bonchev–Trinajstić information content (AvgIpc) is 3.16. The van der Waals surface area contributed by atoms with Crippen LogP contribution in [0.25, 0.3) is 0 Å². The van der Waals surface area contributed by atoms with E-state index in [0.717, 1.165) is 10.4 Å². The Hall–Kier alpha value is -2.74. The van der Waals surface area contributed by atoms with E-state index in [-0.39, 0.29) is 16.9 Å². The van der Waals surface area contributed by atoms with Gasteiger partial charge >= 0.3 is 0 Å². The highest BCUT2D eigenvalue weighted by Crippen LogP contribution is 2.10. The third kappa shape index (κ3) is 3.37. The van der Waals surface area contributed by atoms with Gasteiger partial charge in [-0.2, -0.15) is 0 Å². The molecule has 0 aliphatic rings. The van der Waals surface area contributed by atoms with Crippen LogP contribution in [0.1, 0.15) is 20.9 Å². The summed E-state index contributed by atoms with van der Waals surface area (Å²) in [5.41, 5.74) is 1.01. The monoisotopic (exact) mass is 329 g/mol. The summed E-state index contributed by atoms with van der Waals surface area (Å²) in [4.78, 5) is 25.4. The quantitative estimate of drug-likeness (QED) is 0.789. The molecule has 0 unspecified atom stereocenters. The van der Waals surface area contributed by atoms with E-state index in [1.165, 1.54) is 4.57 Å². The van der Waals surface area contributed by atoms with Gasteiger partial charge in [-0.25, -0.2) is 4.68 Å². The number of amides is 1. The van der Waals surface area contributed by atoms with Crippen LogP contribution in [0.2, 0.25) is 0 Å². The number of carbonyl (C=O) groups excluding carboxylic acids is 1. The first-order valence-electron chi connectivity index (χ1n) is 6.94. The normalized spacial score (nSPS) is 10.7. The molecule has 0 saturated carbocycles. The van der Waals surface area contributed by atoms with Crippen LogP contribution in [0.5, 0.6) is 0 Å². The van der Waals surface area contributed by atoms with Gasteiger partial charge < -0.3 is 9.88 Å². The van der Waals surface area contributed by atoms with E-state index in [4.69, 9.17) is 0 Å². The topological polar surface area (TPSA) is 81.8 Å². The van der Waals surface area contributed by atoms with E-state index in [2.05, 4.69) is 15.6 Å². The molecule has 0 radical (unpaired) electrons. The molecule has 0 saturated heterocycles. The summed E-state index contributed by atoms with van der Waals surface area (Å²) in [6, 6.07) is 5.58. The fourth-order valence-electron chi connectivity index (χ4n) is 2.20. The lowest BCUT2D eigenvalue weighted by molar-refractivity contribution is 0.102. The molecule has 1 amide bonds. The van der Waals surface area contributed by atoms with Gasteiger partial charge in [-0.15, -0.1) is 16.4 Å². The molecule has 0 aliphatic heterocycles. The van der Waals surface area contributed by atoms with Crippen molar-refractivity contribution in [2.45, 2.75) is 13.5 Å². The molecule has 7 nitrogen and oxygen atoms in total. The van der Waals surface area contributed by atoms with Gasteiger partial charge in [0, 0.05) is 18.1 Å². The van der Waals surface area contributed by atoms with E-state index in [1.54, 1.807) is 41.5 Å². The lowest BCUT2D eigenvalue weighted by atomic mass is 10.3. The number of hydrogen-bond acceptors (Lipinski definition) is 5. The standard InChI is InChI=1S/C15H15N5O2S/c1-10-6-12(15(22)19(2)7-10)16-14(21)13-9-20(18-17-13)8-11-4-3-5-23-11/h3-7,9H,8H2,1-2H3,(H,16,21). The number of carbonyl (C=O) groups is 1. The first-order chi connectivity index (χ1) is 11.0. The van der Waals surface area contributed by atoms with Gasteiger partial charge in [0.1, 0.15) is 5.69 Å². The zero-order chi connectivity index (χ0) is 16.4. The van der Waals surface area contributed by atoms with Crippen LogP contribution in [0.4, 0.5) is 5.69 Å². The number of thiophene rings is 1. The zero-order valence-electron chi connectivity index (χ0n) is 12.7. The van der Waals surface area contributed by atoms with E-state index in [1.807, 2.05) is 24.4 Å². The van der Waals surface area contributed by atoms with Crippen LogP contribution in [0.3, 0.4) is 0 Å². The molecular weight excluding hydrogens is 314 g/mol. The van der Waals surface area contributed by atoms with Crippen molar-refractivity contribution in [1.82, 2.24) is 19.6 Å². The van der Waals surface area contributed by atoms with Gasteiger partial charge in [0.2, 0.25) is 0 Å². The lowest BCUT2D eigenvalue weighted by Crippen LogP contribution is -2.24. The van der Waals surface area contributed by atoms with E-state index < -0.39 is 5.91 Å². The van der Waals surface area contributed by atoms with Gasteiger partial charge in [-0.1, -0.05) is 11.3 Å². The highest BCUT2D eigenvalue weighted by Gasteiger charge is 2.14. The SMILES string of the molecule is Cc1cc(NC(=O)c2cn(Cc3cccs3)nn2)c(=O)n(C)c1. The third-order valence-corrected chi connectivity index (χ3v) is 4.10. The van der Waals surface area contributed by atoms with Crippen molar-refractivity contribution in [2.24, 2.45) is 7.05 Å². The molecule has 8 heteroatoms. The van der Waals surface area contributed by atoms with Crippen molar-refractivity contribution in [3.63, 3.8) is 0 Å². The van der Waals surface area contributed by atoms with Crippen LogP contribution in [-0.2, 0) is 13.6 Å². The van der Waals surface area contributed by atoms with Gasteiger partial charge in [0.15, 0.2) is 5.69 Å². The molecule has 0 fully saturated rings. The molecule has 0 aliphatic carbocycles. The fourth-order valence-corrected chi connectivity index (χ4v) is 2.89. The molecule has 118 valence electrons. The van der Waals surface area contributed by atoms with Crippen molar-refractivity contribution in [3.05, 3.63) is 62.5 Å². The second-order valence-electron chi connectivity index (χ2n) is 5.18. The minimum Gasteiger partial charge on any atom is -0.317 e. The van der Waals surface area contributed by atoms with Crippen LogP contribution < -0.4 is 10.9 Å². The molecule has 3 aromatic rings. The van der Waals surface area contributed by atoms with Crippen molar-refractivity contribution in [3.8, 4) is 0 Å². The van der Waals surface area contributed by atoms with Crippen molar-refractivity contribution >= 4 is 22.9 Å². The van der Waals surface area contributed by atoms with Gasteiger partial charge in [0.25, 0.3) is 11.5 Å². The van der Waals surface area contributed by atoms with Crippen LogP contribution >= 0.6 is 11.3 Å². The number of aromatic nitrogens is 4. The van der Waals surface area contributed by atoms with E-state index in [9.17, 15) is 9.59 Å². The number of nitrogens with one attached hydrogen (secondary N) is 1. The summed E-state index contributed by atoms with van der Waals surface area (Å²) < 4.78 is 3.02. The number of pyridine rings is 1. The summed E-state index contributed by atoms with van der Waals surface area (Å²) in [7, 11) is 1.64. The minimum absolute atomic E-state index is 0.171. The maximum atomic E-state index is 12.2. The predicted molar refractivity (Wildman–Crippen MR) is 87.8 cm³/mol. The zero-order valence-corrected chi connectivity index (χ0v) is 13.5. The number of aryl methyl sites for hydroxylation is 2. The molecule has 3 aromatic heterocycles. The second-order valence-corrected chi connectivity index (χ2v) is 6.21. The fraction of sp³-hybridized carbons (Fsp3) is 0.200. The second kappa shape index (κ2) is 6.17. The summed E-state index contributed by atoms with van der Waals surface area (Å²) in [6.07, 6.45) is 3.27. The lowest BCUT2D eigenvalue weighted by Gasteiger charge is -2.06. The molecule has 0 bridgehead atoms. The Balaban J connectivity index is 1.77. The molecule has 1 N–H and O–H groups in total. The van der Waals surface area contributed by atoms with Crippen molar-refractivity contribution in [1.29, 1.82) is 0 Å². The molecule has 3 heterocycles. The molecule has 3 rings (SSSR count). The average molecular weight is 329 g/mol. The van der Waals surface area contributed by atoms with Crippen LogP contribution in [0.15, 0.2) is 40.8 Å². The Labute approximate surface area is 136 Å². The van der Waals surface area contributed by atoms with Gasteiger partial charge in [-0.3, -0.25) is 9.59 Å². The smallest absolute Gasteiger partial charge is 0.277 e.